The summed E-state index contributed by atoms with van der Waals surface area (Å²) in [5.74, 6) is -0.745. The van der Waals surface area contributed by atoms with E-state index in [1.165, 1.54) is 31.2 Å². The van der Waals surface area contributed by atoms with Gasteiger partial charge in [0.15, 0.2) is 12.7 Å². The highest BCUT2D eigenvalue weighted by Crippen LogP contribution is 2.28. The summed E-state index contributed by atoms with van der Waals surface area (Å²) in [5, 5.41) is 0.522. The van der Waals surface area contributed by atoms with Gasteiger partial charge in [0.25, 0.3) is 11.8 Å². The lowest BCUT2D eigenvalue weighted by Gasteiger charge is -2.16. The standard InChI is InChI=1S/C20H20BrClN2O6/c1-3-28-20(27)13-4-7-15(8-5-13)29-11-18(25)23-24-19(26)12(2)30-17-9-6-14(22)10-16(17)21/h4-10,12H,3,11H2,1-2H3,(H,23,25)(H,24,26). The third kappa shape index (κ3) is 7.23. The third-order valence-electron chi connectivity index (χ3n) is 3.63. The molecular weight excluding hydrogens is 480 g/mol. The number of ether oxygens (including phenoxy) is 3. The molecule has 2 N–H and O–H groups in total. The Morgan fingerprint density at radius 2 is 1.80 bits per heavy atom. The van der Waals surface area contributed by atoms with Gasteiger partial charge in [0.05, 0.1) is 16.6 Å². The molecule has 0 heterocycles. The summed E-state index contributed by atoms with van der Waals surface area (Å²) in [6.45, 7) is 3.20. The van der Waals surface area contributed by atoms with Crippen molar-refractivity contribution in [3.63, 3.8) is 0 Å². The van der Waals surface area contributed by atoms with Gasteiger partial charge in [0.2, 0.25) is 0 Å². The Morgan fingerprint density at radius 1 is 1.10 bits per heavy atom. The van der Waals surface area contributed by atoms with Gasteiger partial charge >= 0.3 is 5.97 Å². The number of carbonyl (C=O) groups is 3. The summed E-state index contributed by atoms with van der Waals surface area (Å²) in [6, 6.07) is 11.0. The Morgan fingerprint density at radius 3 is 2.43 bits per heavy atom. The number of hydrazine groups is 1. The highest BCUT2D eigenvalue weighted by Gasteiger charge is 2.17. The van der Waals surface area contributed by atoms with E-state index in [-0.39, 0.29) is 13.2 Å². The van der Waals surface area contributed by atoms with E-state index in [0.717, 1.165) is 0 Å². The normalized spacial score (nSPS) is 11.2. The minimum atomic E-state index is -0.876. The average Bonchev–Trinajstić information content (AvgIpc) is 2.72. The van der Waals surface area contributed by atoms with Crippen molar-refractivity contribution in [3.05, 3.63) is 57.5 Å². The molecule has 0 aliphatic heterocycles. The maximum absolute atomic E-state index is 12.1. The molecule has 2 amide bonds. The summed E-state index contributed by atoms with van der Waals surface area (Å²) < 4.78 is 16.3. The summed E-state index contributed by atoms with van der Waals surface area (Å²) >= 11 is 9.16. The van der Waals surface area contributed by atoms with Crippen molar-refractivity contribution in [1.29, 1.82) is 0 Å². The molecule has 2 rings (SSSR count). The minimum Gasteiger partial charge on any atom is -0.484 e. The van der Waals surface area contributed by atoms with Crippen molar-refractivity contribution in [2.24, 2.45) is 0 Å². The largest absolute Gasteiger partial charge is 0.484 e. The number of rotatable bonds is 8. The van der Waals surface area contributed by atoms with Crippen LogP contribution in [-0.4, -0.2) is 37.1 Å². The number of carbonyl (C=O) groups excluding carboxylic acids is 3. The molecule has 0 fully saturated rings. The lowest BCUT2D eigenvalue weighted by Crippen LogP contribution is -2.48. The Hall–Kier alpha value is -2.78. The molecule has 2 aromatic rings. The zero-order valence-corrected chi connectivity index (χ0v) is 18.6. The first kappa shape index (κ1) is 23.5. The van der Waals surface area contributed by atoms with Crippen LogP contribution >= 0.6 is 27.5 Å². The fraction of sp³-hybridized carbons (Fsp3) is 0.250. The fourth-order valence-electron chi connectivity index (χ4n) is 2.13. The van der Waals surface area contributed by atoms with E-state index in [0.29, 0.717) is 26.6 Å². The van der Waals surface area contributed by atoms with Crippen molar-refractivity contribution >= 4 is 45.3 Å². The second kappa shape index (κ2) is 11.4. The molecule has 0 spiro atoms. The van der Waals surface area contributed by atoms with Crippen molar-refractivity contribution < 1.29 is 28.6 Å². The van der Waals surface area contributed by atoms with Crippen LogP contribution in [0.2, 0.25) is 5.02 Å². The van der Waals surface area contributed by atoms with E-state index in [2.05, 4.69) is 26.8 Å². The molecule has 0 radical (unpaired) electrons. The van der Waals surface area contributed by atoms with Gasteiger partial charge in [-0.05, 0) is 72.2 Å². The monoisotopic (exact) mass is 498 g/mol. The zero-order chi connectivity index (χ0) is 22.1. The first-order valence-corrected chi connectivity index (χ1v) is 10.1. The van der Waals surface area contributed by atoms with Gasteiger partial charge in [-0.15, -0.1) is 0 Å². The molecule has 8 nitrogen and oxygen atoms in total. The second-order valence-electron chi connectivity index (χ2n) is 5.91. The van der Waals surface area contributed by atoms with Gasteiger partial charge in [-0.1, -0.05) is 11.6 Å². The molecule has 0 saturated heterocycles. The Labute approximate surface area is 186 Å². The van der Waals surface area contributed by atoms with E-state index in [1.807, 2.05) is 0 Å². The number of halogens is 2. The molecule has 0 saturated carbocycles. The minimum absolute atomic E-state index is 0.281. The fourth-order valence-corrected chi connectivity index (χ4v) is 2.91. The molecule has 30 heavy (non-hydrogen) atoms. The molecule has 0 bridgehead atoms. The zero-order valence-electron chi connectivity index (χ0n) is 16.2. The van der Waals surface area contributed by atoms with Gasteiger partial charge in [-0.3, -0.25) is 20.4 Å². The number of nitrogens with one attached hydrogen (secondary N) is 2. The Kier molecular flexibility index (Phi) is 8.94. The van der Waals surface area contributed by atoms with Crippen molar-refractivity contribution in [2.45, 2.75) is 20.0 Å². The molecule has 160 valence electrons. The summed E-state index contributed by atoms with van der Waals surface area (Å²) in [5.41, 5.74) is 4.88. The van der Waals surface area contributed by atoms with E-state index in [4.69, 9.17) is 25.8 Å². The molecule has 10 heteroatoms. The van der Waals surface area contributed by atoms with Crippen molar-refractivity contribution in [3.8, 4) is 11.5 Å². The Bertz CT molecular complexity index is 907. The maximum Gasteiger partial charge on any atom is 0.338 e. The van der Waals surface area contributed by atoms with Crippen molar-refractivity contribution in [2.75, 3.05) is 13.2 Å². The van der Waals surface area contributed by atoms with Crippen LogP contribution in [0.1, 0.15) is 24.2 Å². The molecule has 1 unspecified atom stereocenters. The summed E-state index contributed by atoms with van der Waals surface area (Å²) in [6.07, 6.45) is -0.876. The maximum atomic E-state index is 12.1. The topological polar surface area (TPSA) is 103 Å². The molecule has 0 aliphatic rings. The van der Waals surface area contributed by atoms with Crippen LogP contribution < -0.4 is 20.3 Å². The SMILES string of the molecule is CCOC(=O)c1ccc(OCC(=O)NNC(=O)C(C)Oc2ccc(Cl)cc2Br)cc1. The number of benzene rings is 2. The lowest BCUT2D eigenvalue weighted by molar-refractivity contribution is -0.133. The summed E-state index contributed by atoms with van der Waals surface area (Å²) in [7, 11) is 0. The predicted molar refractivity (Wildman–Crippen MR) is 113 cm³/mol. The highest BCUT2D eigenvalue weighted by molar-refractivity contribution is 9.10. The third-order valence-corrected chi connectivity index (χ3v) is 4.48. The number of amides is 2. The number of hydrogen-bond acceptors (Lipinski definition) is 6. The van der Waals surface area contributed by atoms with E-state index in [9.17, 15) is 14.4 Å². The van der Waals surface area contributed by atoms with Gasteiger partial charge in [0.1, 0.15) is 11.5 Å². The van der Waals surface area contributed by atoms with Crippen molar-refractivity contribution in [1.82, 2.24) is 10.9 Å². The van der Waals surface area contributed by atoms with E-state index in [1.54, 1.807) is 25.1 Å². The van der Waals surface area contributed by atoms with Gasteiger partial charge in [-0.2, -0.15) is 0 Å². The van der Waals surface area contributed by atoms with Gasteiger partial charge < -0.3 is 14.2 Å². The molecule has 0 aliphatic carbocycles. The highest BCUT2D eigenvalue weighted by atomic mass is 79.9. The van der Waals surface area contributed by atoms with Gasteiger partial charge in [0, 0.05) is 5.02 Å². The van der Waals surface area contributed by atoms with Crippen LogP contribution in [0.5, 0.6) is 11.5 Å². The van der Waals surface area contributed by atoms with E-state index < -0.39 is 23.9 Å². The molecule has 0 aromatic heterocycles. The number of esters is 1. The second-order valence-corrected chi connectivity index (χ2v) is 7.20. The van der Waals surface area contributed by atoms with Crippen LogP contribution in [-0.2, 0) is 14.3 Å². The van der Waals surface area contributed by atoms with Crippen LogP contribution in [0, 0.1) is 0 Å². The van der Waals surface area contributed by atoms with E-state index >= 15 is 0 Å². The van der Waals surface area contributed by atoms with Crippen LogP contribution in [0.25, 0.3) is 0 Å². The first-order chi connectivity index (χ1) is 14.3. The van der Waals surface area contributed by atoms with Crippen LogP contribution in [0.4, 0.5) is 0 Å². The first-order valence-electron chi connectivity index (χ1n) is 8.90. The number of hydrogen-bond donors (Lipinski definition) is 2. The molecular formula is C20H20BrClN2O6. The molecule has 1 atom stereocenters. The molecule has 2 aromatic carbocycles. The van der Waals surface area contributed by atoms with Crippen LogP contribution in [0.3, 0.4) is 0 Å². The van der Waals surface area contributed by atoms with Gasteiger partial charge in [-0.25, -0.2) is 4.79 Å². The smallest absolute Gasteiger partial charge is 0.338 e. The van der Waals surface area contributed by atoms with Crippen LogP contribution in [0.15, 0.2) is 46.9 Å². The summed E-state index contributed by atoms with van der Waals surface area (Å²) in [4.78, 5) is 35.5. The lowest BCUT2D eigenvalue weighted by atomic mass is 10.2. The predicted octanol–water partition coefficient (Wildman–Crippen LogP) is 3.27. The Balaban J connectivity index is 1.75. The average molecular weight is 500 g/mol. The quantitative estimate of drug-likeness (QED) is 0.427.